The highest BCUT2D eigenvalue weighted by atomic mass is 16.5. The van der Waals surface area contributed by atoms with Crippen LogP contribution in [0.4, 0.5) is 5.82 Å². The molecular weight excluding hydrogens is 450 g/mol. The van der Waals surface area contributed by atoms with Crippen LogP contribution in [-0.4, -0.2) is 28.1 Å². The number of carbonyl (C=O) groups is 1. The zero-order valence-corrected chi connectivity index (χ0v) is 20.3. The Morgan fingerprint density at radius 1 is 0.889 bits per heavy atom. The van der Waals surface area contributed by atoms with Gasteiger partial charge in [-0.25, -0.2) is 4.98 Å². The number of nitrogens with zero attached hydrogens (tertiary/aromatic N) is 2. The topological polar surface area (TPSA) is 84.3 Å². The highest BCUT2D eigenvalue weighted by Crippen LogP contribution is 2.28. The molecule has 1 heterocycles. The first kappa shape index (κ1) is 23.5. The van der Waals surface area contributed by atoms with Gasteiger partial charge in [0.2, 0.25) is 5.91 Å². The molecule has 1 amide bonds. The predicted octanol–water partition coefficient (Wildman–Crippen LogP) is 4.85. The molecule has 0 bridgehead atoms. The third-order valence-corrected chi connectivity index (χ3v) is 6.58. The predicted molar refractivity (Wildman–Crippen MR) is 140 cm³/mol. The van der Waals surface area contributed by atoms with E-state index in [9.17, 15) is 9.90 Å². The van der Waals surface area contributed by atoms with Gasteiger partial charge in [0.15, 0.2) is 5.82 Å². The number of benzene rings is 3. The SMILES string of the molecule is COc1ccc2c(c1)CCc1nc(NC(=O)Cc3ccc(O)cc3)c(CCc3ccccc3)nc1C2. The minimum Gasteiger partial charge on any atom is -0.508 e. The molecule has 0 unspecified atom stereocenters. The first-order valence-corrected chi connectivity index (χ1v) is 12.2. The van der Waals surface area contributed by atoms with E-state index in [0.717, 1.165) is 47.7 Å². The lowest BCUT2D eigenvalue weighted by Gasteiger charge is -2.14. The molecule has 36 heavy (non-hydrogen) atoms. The second-order valence-corrected chi connectivity index (χ2v) is 9.10. The molecule has 0 fully saturated rings. The summed E-state index contributed by atoms with van der Waals surface area (Å²) in [5.74, 6) is 1.42. The fourth-order valence-corrected chi connectivity index (χ4v) is 4.61. The van der Waals surface area contributed by atoms with Crippen LogP contribution >= 0.6 is 0 Å². The van der Waals surface area contributed by atoms with Crippen molar-refractivity contribution in [2.24, 2.45) is 0 Å². The van der Waals surface area contributed by atoms with Crippen LogP contribution in [0, 0.1) is 0 Å². The molecule has 5 rings (SSSR count). The molecule has 0 saturated heterocycles. The van der Waals surface area contributed by atoms with Gasteiger partial charge in [-0.3, -0.25) is 9.78 Å². The zero-order chi connectivity index (χ0) is 24.9. The van der Waals surface area contributed by atoms with Crippen molar-refractivity contribution >= 4 is 11.7 Å². The van der Waals surface area contributed by atoms with Gasteiger partial charge in [-0.1, -0.05) is 48.5 Å². The highest BCUT2D eigenvalue weighted by molar-refractivity contribution is 5.91. The van der Waals surface area contributed by atoms with Gasteiger partial charge in [0.1, 0.15) is 11.5 Å². The molecule has 1 aromatic heterocycles. The van der Waals surface area contributed by atoms with E-state index in [2.05, 4.69) is 29.6 Å². The van der Waals surface area contributed by atoms with E-state index in [4.69, 9.17) is 14.7 Å². The van der Waals surface area contributed by atoms with E-state index in [1.54, 1.807) is 31.4 Å². The number of aromatic hydroxyl groups is 1. The molecule has 0 aliphatic heterocycles. The number of carbonyl (C=O) groups excluding carboxylic acids is 1. The second-order valence-electron chi connectivity index (χ2n) is 9.10. The lowest BCUT2D eigenvalue weighted by molar-refractivity contribution is -0.115. The average molecular weight is 480 g/mol. The first-order valence-electron chi connectivity index (χ1n) is 12.2. The van der Waals surface area contributed by atoms with Crippen molar-refractivity contribution < 1.29 is 14.6 Å². The Morgan fingerprint density at radius 2 is 1.69 bits per heavy atom. The minimum absolute atomic E-state index is 0.155. The molecule has 4 aromatic rings. The van der Waals surface area contributed by atoms with Crippen molar-refractivity contribution in [3.05, 3.63) is 112 Å². The van der Waals surface area contributed by atoms with E-state index in [-0.39, 0.29) is 18.1 Å². The monoisotopic (exact) mass is 479 g/mol. The number of phenols is 1. The number of rotatable bonds is 7. The normalized spacial score (nSPS) is 12.2. The molecule has 0 atom stereocenters. The van der Waals surface area contributed by atoms with Crippen molar-refractivity contribution in [3.8, 4) is 11.5 Å². The molecule has 0 spiro atoms. The summed E-state index contributed by atoms with van der Waals surface area (Å²) in [6.45, 7) is 0. The summed E-state index contributed by atoms with van der Waals surface area (Å²) in [4.78, 5) is 22.9. The molecule has 1 aliphatic carbocycles. The van der Waals surface area contributed by atoms with Crippen LogP contribution in [0.3, 0.4) is 0 Å². The molecule has 0 radical (unpaired) electrons. The van der Waals surface area contributed by atoms with Crippen LogP contribution in [0.5, 0.6) is 11.5 Å². The minimum atomic E-state index is -0.155. The molecule has 6 heteroatoms. The standard InChI is InChI=1S/C30H29N3O3/c1-36-25-14-10-23-19-28-26(16-11-22(23)18-25)32-30(27(31-28)15-9-20-5-3-2-4-6-20)33-29(35)17-21-7-12-24(34)13-8-21/h2-8,10,12-14,18,34H,9,11,15-17,19H2,1H3,(H,32,33,35). The number of methoxy groups -OCH3 is 1. The third-order valence-electron chi connectivity index (χ3n) is 6.58. The number of phenolic OH excluding ortho intramolecular Hbond substituents is 1. The zero-order valence-electron chi connectivity index (χ0n) is 20.3. The summed E-state index contributed by atoms with van der Waals surface area (Å²) in [5.41, 5.74) is 7.22. The Balaban J connectivity index is 1.43. The molecule has 1 aliphatic rings. The van der Waals surface area contributed by atoms with Crippen LogP contribution < -0.4 is 10.1 Å². The van der Waals surface area contributed by atoms with Gasteiger partial charge in [0.25, 0.3) is 0 Å². The Bertz CT molecular complexity index is 1370. The molecule has 6 nitrogen and oxygen atoms in total. The number of hydrogen-bond donors (Lipinski definition) is 2. The number of fused-ring (bicyclic) bond motifs is 2. The number of nitrogens with one attached hydrogen (secondary N) is 1. The third kappa shape index (κ3) is 5.54. The Kier molecular flexibility index (Phi) is 6.94. The summed E-state index contributed by atoms with van der Waals surface area (Å²) >= 11 is 0. The molecular formula is C30H29N3O3. The molecule has 3 aromatic carbocycles. The number of hydrogen-bond acceptors (Lipinski definition) is 5. The van der Waals surface area contributed by atoms with E-state index in [1.165, 1.54) is 16.7 Å². The number of amides is 1. The Labute approximate surface area is 211 Å². The Hall–Kier alpha value is -4.19. The van der Waals surface area contributed by atoms with Crippen LogP contribution in [0.2, 0.25) is 0 Å². The van der Waals surface area contributed by atoms with Gasteiger partial charge in [-0.05, 0) is 72.2 Å². The summed E-state index contributed by atoms with van der Waals surface area (Å²) in [5, 5.41) is 12.5. The van der Waals surface area contributed by atoms with Crippen molar-refractivity contribution in [2.45, 2.75) is 38.5 Å². The van der Waals surface area contributed by atoms with Gasteiger partial charge >= 0.3 is 0 Å². The number of ether oxygens (including phenoxy) is 1. The van der Waals surface area contributed by atoms with E-state index in [0.29, 0.717) is 18.7 Å². The molecule has 182 valence electrons. The maximum atomic E-state index is 12.9. The number of aromatic nitrogens is 2. The van der Waals surface area contributed by atoms with Crippen LogP contribution in [-0.2, 0) is 43.3 Å². The number of anilines is 1. The van der Waals surface area contributed by atoms with Crippen molar-refractivity contribution in [1.82, 2.24) is 9.97 Å². The maximum Gasteiger partial charge on any atom is 0.229 e. The summed E-state index contributed by atoms with van der Waals surface area (Å²) < 4.78 is 5.42. The molecule has 0 saturated carbocycles. The van der Waals surface area contributed by atoms with E-state index >= 15 is 0 Å². The highest BCUT2D eigenvalue weighted by Gasteiger charge is 2.20. The van der Waals surface area contributed by atoms with Crippen molar-refractivity contribution in [3.63, 3.8) is 0 Å². The van der Waals surface area contributed by atoms with Crippen LogP contribution in [0.1, 0.15) is 39.3 Å². The summed E-state index contributed by atoms with van der Waals surface area (Å²) in [6, 6.07) is 23.1. The average Bonchev–Trinajstić information content (AvgIpc) is 3.07. The smallest absolute Gasteiger partial charge is 0.229 e. The van der Waals surface area contributed by atoms with E-state index in [1.807, 2.05) is 24.3 Å². The summed E-state index contributed by atoms with van der Waals surface area (Å²) in [7, 11) is 1.68. The van der Waals surface area contributed by atoms with Gasteiger partial charge in [-0.2, -0.15) is 0 Å². The van der Waals surface area contributed by atoms with Crippen LogP contribution in [0.15, 0.2) is 72.8 Å². The van der Waals surface area contributed by atoms with E-state index < -0.39 is 0 Å². The largest absolute Gasteiger partial charge is 0.508 e. The summed E-state index contributed by atoms with van der Waals surface area (Å²) in [6.07, 6.45) is 3.99. The fourth-order valence-electron chi connectivity index (χ4n) is 4.61. The number of aryl methyl sites for hydroxylation is 4. The van der Waals surface area contributed by atoms with Crippen molar-refractivity contribution in [1.29, 1.82) is 0 Å². The van der Waals surface area contributed by atoms with Gasteiger partial charge in [0.05, 0.1) is 30.6 Å². The quantitative estimate of drug-likeness (QED) is 0.396. The molecule has 2 N–H and O–H groups in total. The van der Waals surface area contributed by atoms with Gasteiger partial charge in [0, 0.05) is 6.42 Å². The van der Waals surface area contributed by atoms with Crippen molar-refractivity contribution in [2.75, 3.05) is 12.4 Å². The first-order chi connectivity index (χ1) is 17.6. The lowest BCUT2D eigenvalue weighted by atomic mass is 10.0. The lowest BCUT2D eigenvalue weighted by Crippen LogP contribution is -2.19. The van der Waals surface area contributed by atoms with Gasteiger partial charge < -0.3 is 15.2 Å². The maximum absolute atomic E-state index is 12.9. The van der Waals surface area contributed by atoms with Crippen LogP contribution in [0.25, 0.3) is 0 Å². The van der Waals surface area contributed by atoms with Gasteiger partial charge in [-0.15, -0.1) is 0 Å². The Morgan fingerprint density at radius 3 is 2.47 bits per heavy atom. The second kappa shape index (κ2) is 10.6. The fraction of sp³-hybridized carbons (Fsp3) is 0.233.